The molecule has 0 spiro atoms. The smallest absolute Gasteiger partial charge is 0.111 e. The Bertz CT molecular complexity index is 843. The number of aromatic nitrogens is 2. The lowest BCUT2D eigenvalue weighted by molar-refractivity contribution is 0.412. The first kappa shape index (κ1) is 52.2. The summed E-state index contributed by atoms with van der Waals surface area (Å²) < 4.78 is 2.61. The van der Waals surface area contributed by atoms with Crippen LogP contribution in [0.15, 0.2) is 12.4 Å². The fraction of sp³-hybridized carbons (Fsp3) is 0.943. The summed E-state index contributed by atoms with van der Waals surface area (Å²) in [7, 11) is 0. The van der Waals surface area contributed by atoms with Crippen LogP contribution in [0.3, 0.4) is 0 Å². The second kappa shape index (κ2) is 42.8. The number of nitrogens with zero attached hydrogens (tertiary/aromatic N) is 2. The molecule has 0 fully saturated rings. The zero-order chi connectivity index (χ0) is 39.5. The topological polar surface area (TPSA) is 17.8 Å². The fourth-order valence-electron chi connectivity index (χ4n) is 9.18. The molecule has 2 heteroatoms. The van der Waals surface area contributed by atoms with Crippen LogP contribution in [0.25, 0.3) is 0 Å². The highest BCUT2D eigenvalue weighted by atomic mass is 15.1. The third-order valence-electron chi connectivity index (χ3n) is 13.1. The lowest BCUT2D eigenvalue weighted by Crippen LogP contribution is -2.13. The van der Waals surface area contributed by atoms with E-state index in [4.69, 9.17) is 4.98 Å². The Morgan fingerprint density at radius 3 is 0.855 bits per heavy atom. The molecule has 0 N–H and O–H groups in total. The summed E-state index contributed by atoms with van der Waals surface area (Å²) in [6, 6.07) is 0.584. The Morgan fingerprint density at radius 2 is 0.582 bits per heavy atom. The van der Waals surface area contributed by atoms with Gasteiger partial charge in [0.15, 0.2) is 0 Å². The minimum Gasteiger partial charge on any atom is -0.332 e. The van der Waals surface area contributed by atoms with Crippen LogP contribution < -0.4 is 0 Å². The number of hydrogen-bond donors (Lipinski definition) is 0. The molecule has 0 saturated carbocycles. The molecule has 1 aromatic heterocycles. The highest BCUT2D eigenvalue weighted by Crippen LogP contribution is 2.31. The summed E-state index contributed by atoms with van der Waals surface area (Å²) >= 11 is 0. The van der Waals surface area contributed by atoms with Crippen LogP contribution in [-0.2, 0) is 0 Å². The van der Waals surface area contributed by atoms with Crippen LogP contribution >= 0.6 is 0 Å². The Morgan fingerprint density at radius 1 is 0.345 bits per heavy atom. The summed E-state index contributed by atoms with van der Waals surface area (Å²) in [6.45, 7) is 9.42. The van der Waals surface area contributed by atoms with Crippen molar-refractivity contribution in [3.63, 3.8) is 0 Å². The van der Waals surface area contributed by atoms with E-state index in [1.54, 1.807) is 0 Å². The van der Waals surface area contributed by atoms with Gasteiger partial charge in [-0.1, -0.05) is 284 Å². The van der Waals surface area contributed by atoms with Gasteiger partial charge in [-0.2, -0.15) is 0 Å². The molecule has 2 atom stereocenters. The van der Waals surface area contributed by atoms with Gasteiger partial charge in [0.05, 0.1) is 0 Å². The normalized spacial score (nSPS) is 12.9. The molecule has 326 valence electrons. The number of hydrogen-bond acceptors (Lipinski definition) is 1. The predicted molar refractivity (Wildman–Crippen MR) is 250 cm³/mol. The maximum Gasteiger partial charge on any atom is 0.111 e. The van der Waals surface area contributed by atoms with Gasteiger partial charge in [-0.3, -0.25) is 0 Å². The quantitative estimate of drug-likeness (QED) is 0.0604. The molecule has 0 aromatic carbocycles. The van der Waals surface area contributed by atoms with Crippen molar-refractivity contribution < 1.29 is 0 Å². The summed E-state index contributed by atoms with van der Waals surface area (Å²) in [5.41, 5.74) is 0. The van der Waals surface area contributed by atoms with E-state index in [2.05, 4.69) is 44.7 Å². The van der Waals surface area contributed by atoms with Crippen LogP contribution in [0.1, 0.15) is 328 Å². The van der Waals surface area contributed by atoms with Gasteiger partial charge in [-0.15, -0.1) is 0 Å². The van der Waals surface area contributed by atoms with Crippen molar-refractivity contribution in [1.29, 1.82) is 0 Å². The first-order valence-corrected chi connectivity index (χ1v) is 26.3. The lowest BCUT2D eigenvalue weighted by atomic mass is 9.92. The molecular weight excluding hydrogens is 665 g/mol. The van der Waals surface area contributed by atoms with E-state index in [1.807, 2.05) is 0 Å². The van der Waals surface area contributed by atoms with Crippen molar-refractivity contribution in [2.75, 3.05) is 0 Å². The Labute approximate surface area is 348 Å². The summed E-state index contributed by atoms with van der Waals surface area (Å²) in [5, 5.41) is 0. The largest absolute Gasteiger partial charge is 0.332 e. The minimum atomic E-state index is 0.584. The third kappa shape index (κ3) is 33.8. The van der Waals surface area contributed by atoms with Crippen molar-refractivity contribution in [3.8, 4) is 0 Å². The van der Waals surface area contributed by atoms with Gasteiger partial charge in [0, 0.05) is 24.4 Å². The van der Waals surface area contributed by atoms with Crippen LogP contribution in [0.5, 0.6) is 0 Å². The van der Waals surface area contributed by atoms with Crippen LogP contribution in [0, 0.1) is 0 Å². The van der Waals surface area contributed by atoms with Crippen molar-refractivity contribution >= 4 is 0 Å². The molecular formula is C53H104N2. The summed E-state index contributed by atoms with van der Waals surface area (Å²) in [4.78, 5) is 5.07. The molecule has 0 radical (unpaired) electrons. The van der Waals surface area contributed by atoms with Crippen molar-refractivity contribution in [1.82, 2.24) is 9.55 Å². The van der Waals surface area contributed by atoms with Crippen LogP contribution in [0.4, 0.5) is 0 Å². The van der Waals surface area contributed by atoms with E-state index in [-0.39, 0.29) is 0 Å². The molecule has 1 aromatic rings. The van der Waals surface area contributed by atoms with E-state index in [0.29, 0.717) is 12.0 Å². The SMILES string of the molecule is CCCCCCCCCCCCCCCCCCCC(CCCCCCCCCCC)c1nccn1C(C)CCCCCCCCCCCCCCCCC. The van der Waals surface area contributed by atoms with Gasteiger partial charge in [-0.05, 0) is 26.2 Å². The molecule has 0 aliphatic rings. The number of imidazole rings is 1. The van der Waals surface area contributed by atoms with E-state index in [9.17, 15) is 0 Å². The van der Waals surface area contributed by atoms with Crippen molar-refractivity contribution in [2.45, 2.75) is 322 Å². The number of unbranched alkanes of at least 4 members (excludes halogenated alkanes) is 38. The average Bonchev–Trinajstić information content (AvgIpc) is 3.69. The zero-order valence-electron chi connectivity index (χ0n) is 38.8. The maximum atomic E-state index is 5.07. The molecule has 0 aliphatic heterocycles. The Balaban J connectivity index is 2.30. The predicted octanol–water partition coefficient (Wildman–Crippen LogP) is 19.8. The van der Waals surface area contributed by atoms with E-state index in [0.717, 1.165) is 0 Å². The second-order valence-corrected chi connectivity index (χ2v) is 18.5. The van der Waals surface area contributed by atoms with Crippen LogP contribution in [0.2, 0.25) is 0 Å². The van der Waals surface area contributed by atoms with Crippen molar-refractivity contribution in [3.05, 3.63) is 18.2 Å². The standard InChI is InChI=1S/C53H104N2/c1-5-8-11-14-17-20-22-24-26-27-29-31-33-36-39-42-45-48-52(47-44-41-38-34-19-16-13-10-7-3)53-54-49-50-55(53)51(4)46-43-40-37-35-32-30-28-25-23-21-18-15-12-9-6-2/h49-52H,5-48H2,1-4H3. The minimum absolute atomic E-state index is 0.584. The van der Waals surface area contributed by atoms with Crippen molar-refractivity contribution in [2.24, 2.45) is 0 Å². The molecule has 0 amide bonds. The monoisotopic (exact) mass is 769 g/mol. The van der Waals surface area contributed by atoms with E-state index >= 15 is 0 Å². The Kier molecular flexibility index (Phi) is 40.6. The molecule has 2 unspecified atom stereocenters. The maximum absolute atomic E-state index is 5.07. The van der Waals surface area contributed by atoms with Gasteiger partial charge in [-0.25, -0.2) is 4.98 Å². The van der Waals surface area contributed by atoms with Gasteiger partial charge in [0.1, 0.15) is 5.82 Å². The first-order valence-electron chi connectivity index (χ1n) is 26.3. The van der Waals surface area contributed by atoms with Gasteiger partial charge >= 0.3 is 0 Å². The van der Waals surface area contributed by atoms with Gasteiger partial charge in [0.2, 0.25) is 0 Å². The molecule has 0 aliphatic carbocycles. The molecule has 55 heavy (non-hydrogen) atoms. The van der Waals surface area contributed by atoms with E-state index < -0.39 is 0 Å². The zero-order valence-corrected chi connectivity index (χ0v) is 38.8. The summed E-state index contributed by atoms with van der Waals surface area (Å²) in [5.74, 6) is 2.07. The second-order valence-electron chi connectivity index (χ2n) is 18.5. The summed E-state index contributed by atoms with van der Waals surface area (Å²) in [6.07, 6.45) is 67.6. The molecule has 2 nitrogen and oxygen atoms in total. The average molecular weight is 769 g/mol. The fourth-order valence-corrected chi connectivity index (χ4v) is 9.18. The van der Waals surface area contributed by atoms with E-state index in [1.165, 1.54) is 288 Å². The molecule has 1 heterocycles. The highest BCUT2D eigenvalue weighted by Gasteiger charge is 2.19. The lowest BCUT2D eigenvalue weighted by Gasteiger charge is -2.22. The Hall–Kier alpha value is -0.790. The molecule has 1 rings (SSSR count). The molecule has 0 bridgehead atoms. The first-order chi connectivity index (χ1) is 27.2. The van der Waals surface area contributed by atoms with Gasteiger partial charge in [0.25, 0.3) is 0 Å². The highest BCUT2D eigenvalue weighted by molar-refractivity contribution is 5.02. The van der Waals surface area contributed by atoms with Crippen LogP contribution in [-0.4, -0.2) is 9.55 Å². The van der Waals surface area contributed by atoms with Gasteiger partial charge < -0.3 is 4.57 Å². The number of rotatable bonds is 46. The third-order valence-corrected chi connectivity index (χ3v) is 13.1. The molecule has 0 saturated heterocycles.